The molecule has 0 radical (unpaired) electrons. The maximum Gasteiger partial charge on any atom is 0.320 e. The van der Waals surface area contributed by atoms with Crippen molar-refractivity contribution < 1.29 is 4.79 Å². The average Bonchev–Trinajstić information content (AvgIpc) is 3.09. The molecule has 2 amide bonds. The molecule has 0 unspecified atom stereocenters. The molecule has 0 aliphatic heterocycles. The number of carbonyl (C=O) groups excluding carboxylic acids is 1. The number of hydrogen-bond acceptors (Lipinski definition) is 5. The predicted molar refractivity (Wildman–Crippen MR) is 102 cm³/mol. The first-order valence-electron chi connectivity index (χ1n) is 8.24. The summed E-state index contributed by atoms with van der Waals surface area (Å²) in [5.74, 6) is 0.994. The van der Waals surface area contributed by atoms with Gasteiger partial charge in [-0.2, -0.15) is 0 Å². The van der Waals surface area contributed by atoms with Crippen LogP contribution >= 0.6 is 0 Å². The molecule has 26 heavy (non-hydrogen) atoms. The summed E-state index contributed by atoms with van der Waals surface area (Å²) in [4.78, 5) is 28.0. The van der Waals surface area contributed by atoms with Crippen molar-refractivity contribution in [1.82, 2.24) is 25.3 Å². The normalized spacial score (nSPS) is 10.8. The number of aromatic nitrogens is 4. The standard InChI is InChI=1S/C18H17N7O/c1-2-19-18(26)25-15-6-5-13-17(23-15)24-16(10-21-13)22-12-4-3-11-7-8-20-14(11)9-12/h3-10,20H,2H2,1H3,(H3,19,22,23,24,25,26). The van der Waals surface area contributed by atoms with E-state index >= 15 is 0 Å². The van der Waals surface area contributed by atoms with Crippen molar-refractivity contribution in [1.29, 1.82) is 0 Å². The van der Waals surface area contributed by atoms with Crippen molar-refractivity contribution in [3.05, 3.63) is 48.8 Å². The molecule has 0 fully saturated rings. The van der Waals surface area contributed by atoms with Crippen molar-refractivity contribution in [3.8, 4) is 0 Å². The number of nitrogens with one attached hydrogen (secondary N) is 4. The molecule has 8 heteroatoms. The Balaban J connectivity index is 1.59. The molecule has 0 bridgehead atoms. The van der Waals surface area contributed by atoms with Crippen LogP contribution in [0.1, 0.15) is 6.92 Å². The van der Waals surface area contributed by atoms with Crippen LogP contribution in [0.3, 0.4) is 0 Å². The molecule has 4 aromatic rings. The Kier molecular flexibility index (Phi) is 4.06. The molecular weight excluding hydrogens is 330 g/mol. The van der Waals surface area contributed by atoms with Crippen molar-refractivity contribution in [2.75, 3.05) is 17.2 Å². The van der Waals surface area contributed by atoms with Crippen molar-refractivity contribution >= 4 is 45.4 Å². The lowest BCUT2D eigenvalue weighted by atomic mass is 10.2. The number of hydrogen-bond donors (Lipinski definition) is 4. The SMILES string of the molecule is CCNC(=O)Nc1ccc2ncc(Nc3ccc4cc[nH]c4c3)nc2n1. The van der Waals surface area contributed by atoms with Crippen LogP contribution in [-0.2, 0) is 0 Å². The minimum Gasteiger partial charge on any atom is -0.361 e. The van der Waals surface area contributed by atoms with Gasteiger partial charge in [-0.25, -0.2) is 19.7 Å². The molecule has 0 aliphatic carbocycles. The summed E-state index contributed by atoms with van der Waals surface area (Å²) < 4.78 is 0. The lowest BCUT2D eigenvalue weighted by Gasteiger charge is -2.08. The van der Waals surface area contributed by atoms with E-state index in [2.05, 4.69) is 35.9 Å². The van der Waals surface area contributed by atoms with Gasteiger partial charge in [-0.15, -0.1) is 0 Å². The quantitative estimate of drug-likeness (QED) is 0.452. The number of aromatic amines is 1. The van der Waals surface area contributed by atoms with Gasteiger partial charge in [0.15, 0.2) is 11.5 Å². The number of anilines is 3. The number of nitrogens with zero attached hydrogens (tertiary/aromatic N) is 3. The third-order valence-electron chi connectivity index (χ3n) is 3.81. The lowest BCUT2D eigenvalue weighted by Crippen LogP contribution is -2.28. The fraction of sp³-hybridized carbons (Fsp3) is 0.111. The van der Waals surface area contributed by atoms with Gasteiger partial charge in [0.2, 0.25) is 0 Å². The van der Waals surface area contributed by atoms with Gasteiger partial charge >= 0.3 is 6.03 Å². The van der Waals surface area contributed by atoms with E-state index in [0.29, 0.717) is 29.3 Å². The van der Waals surface area contributed by atoms with Crippen LogP contribution in [0.15, 0.2) is 48.8 Å². The van der Waals surface area contributed by atoms with Crippen LogP contribution in [0, 0.1) is 0 Å². The summed E-state index contributed by atoms with van der Waals surface area (Å²) in [6.07, 6.45) is 3.55. The van der Waals surface area contributed by atoms with Crippen LogP contribution in [0.5, 0.6) is 0 Å². The highest BCUT2D eigenvalue weighted by Crippen LogP contribution is 2.21. The molecule has 0 spiro atoms. The van der Waals surface area contributed by atoms with E-state index < -0.39 is 0 Å². The molecule has 0 atom stereocenters. The molecule has 130 valence electrons. The molecule has 0 aliphatic rings. The monoisotopic (exact) mass is 347 g/mol. The lowest BCUT2D eigenvalue weighted by molar-refractivity contribution is 0.252. The van der Waals surface area contributed by atoms with Gasteiger partial charge in [-0.1, -0.05) is 6.07 Å². The summed E-state index contributed by atoms with van der Waals surface area (Å²) >= 11 is 0. The van der Waals surface area contributed by atoms with Crippen molar-refractivity contribution in [2.45, 2.75) is 6.92 Å². The fourth-order valence-electron chi connectivity index (χ4n) is 2.62. The summed E-state index contributed by atoms with van der Waals surface area (Å²) in [5, 5.41) is 9.69. The zero-order valence-electron chi connectivity index (χ0n) is 14.1. The minimum atomic E-state index is -0.305. The molecule has 3 aromatic heterocycles. The third-order valence-corrected chi connectivity index (χ3v) is 3.81. The Morgan fingerprint density at radius 1 is 1.12 bits per heavy atom. The summed E-state index contributed by atoms with van der Waals surface area (Å²) in [7, 11) is 0. The van der Waals surface area contributed by atoms with E-state index in [9.17, 15) is 4.79 Å². The van der Waals surface area contributed by atoms with E-state index in [1.165, 1.54) is 0 Å². The second-order valence-corrected chi connectivity index (χ2v) is 5.68. The predicted octanol–water partition coefficient (Wildman–Crippen LogP) is 3.39. The van der Waals surface area contributed by atoms with Crippen LogP contribution in [0.4, 0.5) is 22.1 Å². The van der Waals surface area contributed by atoms with Gasteiger partial charge in [0.05, 0.1) is 6.20 Å². The van der Waals surface area contributed by atoms with Crippen LogP contribution < -0.4 is 16.0 Å². The van der Waals surface area contributed by atoms with Crippen molar-refractivity contribution in [3.63, 3.8) is 0 Å². The Bertz CT molecular complexity index is 1090. The number of urea groups is 1. The highest BCUT2D eigenvalue weighted by Gasteiger charge is 2.06. The first-order chi connectivity index (χ1) is 12.7. The highest BCUT2D eigenvalue weighted by atomic mass is 16.2. The Hall–Kier alpha value is -3.68. The molecule has 4 rings (SSSR count). The van der Waals surface area contributed by atoms with Crippen LogP contribution in [0.25, 0.3) is 22.1 Å². The first-order valence-corrected chi connectivity index (χ1v) is 8.24. The second kappa shape index (κ2) is 6.67. The van der Waals surface area contributed by atoms with E-state index in [0.717, 1.165) is 16.6 Å². The highest BCUT2D eigenvalue weighted by molar-refractivity contribution is 5.89. The fourth-order valence-corrected chi connectivity index (χ4v) is 2.62. The minimum absolute atomic E-state index is 0.305. The van der Waals surface area contributed by atoms with Crippen molar-refractivity contribution in [2.24, 2.45) is 0 Å². The zero-order valence-corrected chi connectivity index (χ0v) is 14.1. The summed E-state index contributed by atoms with van der Waals surface area (Å²) in [5.41, 5.74) is 3.03. The van der Waals surface area contributed by atoms with Crippen LogP contribution in [0.2, 0.25) is 0 Å². The number of amides is 2. The van der Waals surface area contributed by atoms with E-state index in [1.54, 1.807) is 18.3 Å². The van der Waals surface area contributed by atoms with Gasteiger partial charge in [-0.3, -0.25) is 5.32 Å². The molecule has 1 aromatic carbocycles. The van der Waals surface area contributed by atoms with Gasteiger partial charge in [0, 0.05) is 23.9 Å². The molecule has 4 N–H and O–H groups in total. The number of fused-ring (bicyclic) bond motifs is 2. The van der Waals surface area contributed by atoms with E-state index in [1.807, 2.05) is 37.4 Å². The number of pyridine rings is 1. The third kappa shape index (κ3) is 3.25. The zero-order chi connectivity index (χ0) is 17.9. The largest absolute Gasteiger partial charge is 0.361 e. The maximum atomic E-state index is 11.6. The Morgan fingerprint density at radius 3 is 2.88 bits per heavy atom. The number of benzene rings is 1. The average molecular weight is 347 g/mol. The van der Waals surface area contributed by atoms with Gasteiger partial charge in [-0.05, 0) is 42.6 Å². The van der Waals surface area contributed by atoms with Gasteiger partial charge < -0.3 is 15.6 Å². The Morgan fingerprint density at radius 2 is 2.00 bits per heavy atom. The maximum absolute atomic E-state index is 11.6. The molecule has 0 saturated heterocycles. The first kappa shape index (κ1) is 15.8. The summed E-state index contributed by atoms with van der Waals surface area (Å²) in [6.45, 7) is 2.39. The second-order valence-electron chi connectivity index (χ2n) is 5.68. The summed E-state index contributed by atoms with van der Waals surface area (Å²) in [6, 6.07) is 11.2. The van der Waals surface area contributed by atoms with Crippen LogP contribution in [-0.4, -0.2) is 32.5 Å². The number of H-pyrrole nitrogens is 1. The number of carbonyl (C=O) groups is 1. The van der Waals surface area contributed by atoms with Gasteiger partial charge in [0.1, 0.15) is 11.3 Å². The topological polar surface area (TPSA) is 108 Å². The number of rotatable bonds is 4. The van der Waals surface area contributed by atoms with Gasteiger partial charge in [0.25, 0.3) is 0 Å². The molecule has 8 nitrogen and oxygen atoms in total. The smallest absolute Gasteiger partial charge is 0.320 e. The molecule has 0 saturated carbocycles. The Labute approximate surface area is 149 Å². The van der Waals surface area contributed by atoms with E-state index in [-0.39, 0.29) is 6.03 Å². The molecular formula is C18H17N7O. The van der Waals surface area contributed by atoms with E-state index in [4.69, 9.17) is 0 Å². The molecule has 3 heterocycles.